The maximum atomic E-state index is 12.6. The molecule has 2 saturated heterocycles. The van der Waals surface area contributed by atoms with E-state index in [2.05, 4.69) is 4.90 Å². The number of piperidine rings is 1. The van der Waals surface area contributed by atoms with Crippen LogP contribution in [0.25, 0.3) is 0 Å². The van der Waals surface area contributed by atoms with Crippen molar-refractivity contribution in [2.75, 3.05) is 26.2 Å². The minimum absolute atomic E-state index is 0.0623. The summed E-state index contributed by atoms with van der Waals surface area (Å²) >= 11 is 0. The van der Waals surface area contributed by atoms with Gasteiger partial charge in [0.15, 0.2) is 0 Å². The number of carbonyl (C=O) groups excluding carboxylic acids is 1. The first-order valence-electron chi connectivity index (χ1n) is 8.18. The van der Waals surface area contributed by atoms with E-state index in [0.29, 0.717) is 6.04 Å². The van der Waals surface area contributed by atoms with E-state index in [4.69, 9.17) is 0 Å². The number of carbonyl (C=O) groups is 2. The normalized spacial score (nSPS) is 33.1. The van der Waals surface area contributed by atoms with E-state index in [-0.39, 0.29) is 17.2 Å². The molecule has 0 spiro atoms. The molecular weight excluding hydrogens is 268 g/mol. The zero-order valence-electron chi connectivity index (χ0n) is 13.0. The lowest BCUT2D eigenvalue weighted by Gasteiger charge is -2.37. The molecular formula is C16H26N2O3. The van der Waals surface area contributed by atoms with Gasteiger partial charge in [-0.05, 0) is 44.2 Å². The van der Waals surface area contributed by atoms with Crippen LogP contribution in [0.4, 0.5) is 0 Å². The maximum absolute atomic E-state index is 12.6. The molecule has 0 aromatic rings. The van der Waals surface area contributed by atoms with Crippen molar-refractivity contribution < 1.29 is 14.7 Å². The number of likely N-dealkylation sites (tertiary alicyclic amines) is 2. The predicted octanol–water partition coefficient (Wildman–Crippen LogP) is 1.43. The summed E-state index contributed by atoms with van der Waals surface area (Å²) in [6.07, 6.45) is 4.68. The second-order valence-electron chi connectivity index (χ2n) is 7.41. The summed E-state index contributed by atoms with van der Waals surface area (Å²) in [7, 11) is 0. The van der Waals surface area contributed by atoms with Crippen LogP contribution in [0.3, 0.4) is 0 Å². The van der Waals surface area contributed by atoms with Gasteiger partial charge in [0, 0.05) is 19.1 Å². The Bertz CT molecular complexity index is 435. The van der Waals surface area contributed by atoms with Crippen LogP contribution in [0.1, 0.15) is 39.5 Å². The third-order valence-electron chi connectivity index (χ3n) is 5.79. The topological polar surface area (TPSA) is 60.9 Å². The number of carboxylic acid groups (broad SMARTS) is 1. The Morgan fingerprint density at radius 2 is 1.57 bits per heavy atom. The minimum Gasteiger partial charge on any atom is -0.481 e. The summed E-state index contributed by atoms with van der Waals surface area (Å²) in [4.78, 5) is 28.3. The Hall–Kier alpha value is -1.10. The first-order chi connectivity index (χ1) is 9.93. The Morgan fingerprint density at radius 3 is 2.05 bits per heavy atom. The molecule has 1 aliphatic carbocycles. The number of carboxylic acids is 1. The lowest BCUT2D eigenvalue weighted by Crippen LogP contribution is -2.46. The van der Waals surface area contributed by atoms with Gasteiger partial charge in [0.25, 0.3) is 0 Å². The van der Waals surface area contributed by atoms with E-state index < -0.39 is 11.9 Å². The molecule has 1 N–H and O–H groups in total. The zero-order valence-corrected chi connectivity index (χ0v) is 13.0. The summed E-state index contributed by atoms with van der Waals surface area (Å²) in [5.74, 6) is -1.59. The van der Waals surface area contributed by atoms with Crippen LogP contribution in [-0.4, -0.2) is 59.0 Å². The molecule has 0 radical (unpaired) electrons. The van der Waals surface area contributed by atoms with Gasteiger partial charge in [0.2, 0.25) is 5.91 Å². The molecule has 1 amide bonds. The van der Waals surface area contributed by atoms with Crippen molar-refractivity contribution in [2.45, 2.75) is 45.6 Å². The van der Waals surface area contributed by atoms with Crippen molar-refractivity contribution >= 4 is 11.9 Å². The monoisotopic (exact) mass is 294 g/mol. The number of hydrogen-bond acceptors (Lipinski definition) is 3. The van der Waals surface area contributed by atoms with E-state index in [1.165, 1.54) is 25.9 Å². The largest absolute Gasteiger partial charge is 0.481 e. The Morgan fingerprint density at radius 1 is 1.00 bits per heavy atom. The van der Waals surface area contributed by atoms with Crippen LogP contribution in [0, 0.1) is 17.3 Å². The summed E-state index contributed by atoms with van der Waals surface area (Å²) in [6.45, 7) is 7.78. The molecule has 0 aromatic heterocycles. The third kappa shape index (κ3) is 2.56. The Balaban J connectivity index is 1.55. The first kappa shape index (κ1) is 14.8. The van der Waals surface area contributed by atoms with Crippen LogP contribution < -0.4 is 0 Å². The molecule has 2 atom stereocenters. The molecule has 21 heavy (non-hydrogen) atoms. The van der Waals surface area contributed by atoms with E-state index >= 15 is 0 Å². The number of hydrogen-bond donors (Lipinski definition) is 1. The molecule has 5 nitrogen and oxygen atoms in total. The van der Waals surface area contributed by atoms with E-state index in [0.717, 1.165) is 25.9 Å². The average Bonchev–Trinajstić information content (AvgIpc) is 2.81. The molecule has 3 aliphatic rings. The molecule has 3 rings (SSSR count). The Kier molecular flexibility index (Phi) is 3.72. The van der Waals surface area contributed by atoms with Crippen LogP contribution in [0.2, 0.25) is 0 Å². The quantitative estimate of drug-likeness (QED) is 0.855. The fourth-order valence-corrected chi connectivity index (χ4v) is 4.31. The van der Waals surface area contributed by atoms with E-state index in [1.54, 1.807) is 0 Å². The highest BCUT2D eigenvalue weighted by atomic mass is 16.4. The van der Waals surface area contributed by atoms with Crippen LogP contribution >= 0.6 is 0 Å². The number of amides is 1. The molecule has 118 valence electrons. The fraction of sp³-hybridized carbons (Fsp3) is 0.875. The third-order valence-corrected chi connectivity index (χ3v) is 5.79. The molecule has 0 aromatic carbocycles. The predicted molar refractivity (Wildman–Crippen MR) is 78.8 cm³/mol. The first-order valence-corrected chi connectivity index (χ1v) is 8.18. The number of aliphatic carboxylic acids is 1. The zero-order chi connectivity index (χ0) is 15.2. The number of rotatable bonds is 3. The molecule has 2 aliphatic heterocycles. The summed E-state index contributed by atoms with van der Waals surface area (Å²) in [5.41, 5.74) is -0.380. The maximum Gasteiger partial charge on any atom is 0.307 e. The van der Waals surface area contributed by atoms with Gasteiger partial charge in [-0.2, -0.15) is 0 Å². The highest BCUT2D eigenvalue weighted by Gasteiger charge is 2.66. The van der Waals surface area contributed by atoms with Gasteiger partial charge in [0.1, 0.15) is 0 Å². The van der Waals surface area contributed by atoms with Crippen molar-refractivity contribution in [2.24, 2.45) is 17.3 Å². The van der Waals surface area contributed by atoms with Crippen molar-refractivity contribution in [1.82, 2.24) is 9.80 Å². The lowest BCUT2D eigenvalue weighted by atomic mass is 10.0. The molecule has 0 bridgehead atoms. The van der Waals surface area contributed by atoms with Crippen molar-refractivity contribution in [3.63, 3.8) is 0 Å². The van der Waals surface area contributed by atoms with Crippen LogP contribution in [-0.2, 0) is 9.59 Å². The second kappa shape index (κ2) is 5.27. The van der Waals surface area contributed by atoms with Gasteiger partial charge in [-0.3, -0.25) is 9.59 Å². The molecule has 2 heterocycles. The molecule has 5 heteroatoms. The van der Waals surface area contributed by atoms with Gasteiger partial charge in [-0.1, -0.05) is 13.8 Å². The van der Waals surface area contributed by atoms with Gasteiger partial charge in [0.05, 0.1) is 11.8 Å². The van der Waals surface area contributed by atoms with Gasteiger partial charge < -0.3 is 14.9 Å². The smallest absolute Gasteiger partial charge is 0.307 e. The van der Waals surface area contributed by atoms with Crippen LogP contribution in [0.15, 0.2) is 0 Å². The van der Waals surface area contributed by atoms with Gasteiger partial charge in [-0.25, -0.2) is 0 Å². The van der Waals surface area contributed by atoms with Gasteiger partial charge >= 0.3 is 5.97 Å². The minimum atomic E-state index is -0.828. The summed E-state index contributed by atoms with van der Waals surface area (Å²) < 4.78 is 0. The highest BCUT2D eigenvalue weighted by molar-refractivity contribution is 5.91. The van der Waals surface area contributed by atoms with Gasteiger partial charge in [-0.15, -0.1) is 0 Å². The Labute approximate surface area is 126 Å². The van der Waals surface area contributed by atoms with Crippen molar-refractivity contribution in [3.8, 4) is 0 Å². The van der Waals surface area contributed by atoms with E-state index in [1.807, 2.05) is 18.7 Å². The van der Waals surface area contributed by atoms with Crippen LogP contribution in [0.5, 0.6) is 0 Å². The molecule has 2 unspecified atom stereocenters. The number of nitrogens with zero attached hydrogens (tertiary/aromatic N) is 2. The SMILES string of the molecule is CC1(C)C(C(=O)O)C1C(=O)N1CCC(N2CCCC2)CC1. The highest BCUT2D eigenvalue weighted by Crippen LogP contribution is 2.59. The molecule has 1 saturated carbocycles. The van der Waals surface area contributed by atoms with E-state index in [9.17, 15) is 14.7 Å². The van der Waals surface area contributed by atoms with Crippen molar-refractivity contribution in [3.05, 3.63) is 0 Å². The average molecular weight is 294 g/mol. The summed E-state index contributed by atoms with van der Waals surface area (Å²) in [5, 5.41) is 9.21. The lowest BCUT2D eigenvalue weighted by molar-refractivity contribution is -0.142. The standard InChI is InChI=1S/C16H26N2O3/c1-16(2)12(13(16)15(20)21)14(19)18-9-5-11(6-10-18)17-7-3-4-8-17/h11-13H,3-10H2,1-2H3,(H,20,21). The van der Waals surface area contributed by atoms with Crippen molar-refractivity contribution in [1.29, 1.82) is 0 Å². The molecule has 3 fully saturated rings. The second-order valence-corrected chi connectivity index (χ2v) is 7.41. The fourth-order valence-electron chi connectivity index (χ4n) is 4.31. The summed E-state index contributed by atoms with van der Waals surface area (Å²) in [6, 6.07) is 0.624.